The Labute approximate surface area is 172 Å². The molecule has 2 heterocycles. The van der Waals surface area contributed by atoms with Crippen molar-refractivity contribution in [2.24, 2.45) is 7.05 Å². The molecular formula is C21H22F3N5O. The molecule has 0 aliphatic carbocycles. The first-order valence-corrected chi connectivity index (χ1v) is 9.19. The van der Waals surface area contributed by atoms with Gasteiger partial charge in [-0.2, -0.15) is 18.3 Å². The molecule has 0 saturated carbocycles. The van der Waals surface area contributed by atoms with Gasteiger partial charge in [-0.3, -0.25) is 15.0 Å². The fraction of sp³-hybridized carbons (Fsp3) is 0.286. The zero-order valence-electron chi connectivity index (χ0n) is 17.0. The summed E-state index contributed by atoms with van der Waals surface area (Å²) in [6, 6.07) is 7.73. The molecule has 30 heavy (non-hydrogen) atoms. The summed E-state index contributed by atoms with van der Waals surface area (Å²) < 4.78 is 42.3. The minimum Gasteiger partial charge on any atom is -0.308 e. The lowest BCUT2D eigenvalue weighted by atomic mass is 9.92. The van der Waals surface area contributed by atoms with Crippen LogP contribution >= 0.6 is 0 Å². The van der Waals surface area contributed by atoms with E-state index in [9.17, 15) is 18.0 Å². The molecule has 2 N–H and O–H groups in total. The van der Waals surface area contributed by atoms with Crippen molar-refractivity contribution in [3.05, 3.63) is 60.0 Å². The molecule has 158 valence electrons. The number of hydrogen-bond donors (Lipinski definition) is 2. The molecule has 0 aliphatic heterocycles. The number of carbonyl (C=O) groups excluding carboxylic acids is 1. The van der Waals surface area contributed by atoms with E-state index >= 15 is 0 Å². The van der Waals surface area contributed by atoms with Crippen LogP contribution in [0.25, 0.3) is 11.1 Å². The SMILES string of the molecule is Cn1nc(C(C)(C)C)cc1NC(=O)Nc1ccc(-c2ccncc2)c(C(F)(F)F)c1. The van der Waals surface area contributed by atoms with Gasteiger partial charge >= 0.3 is 12.2 Å². The number of anilines is 2. The Kier molecular flexibility index (Phi) is 5.56. The number of urea groups is 1. The van der Waals surface area contributed by atoms with Crippen LogP contribution < -0.4 is 10.6 Å². The van der Waals surface area contributed by atoms with Crippen LogP contribution in [0.1, 0.15) is 32.0 Å². The normalized spacial score (nSPS) is 12.0. The van der Waals surface area contributed by atoms with Crippen LogP contribution in [0.15, 0.2) is 48.8 Å². The molecule has 0 saturated heterocycles. The number of aryl methyl sites for hydroxylation is 1. The van der Waals surface area contributed by atoms with Crippen LogP contribution in [0, 0.1) is 0 Å². The number of benzene rings is 1. The van der Waals surface area contributed by atoms with Crippen LogP contribution in [0.5, 0.6) is 0 Å². The molecule has 3 aromatic rings. The molecule has 0 bridgehead atoms. The minimum absolute atomic E-state index is 0.0114. The molecular weight excluding hydrogens is 395 g/mol. The predicted molar refractivity (Wildman–Crippen MR) is 109 cm³/mol. The van der Waals surface area contributed by atoms with Crippen LogP contribution in [0.2, 0.25) is 0 Å². The van der Waals surface area contributed by atoms with Crippen molar-refractivity contribution in [1.29, 1.82) is 0 Å². The fourth-order valence-electron chi connectivity index (χ4n) is 2.87. The summed E-state index contributed by atoms with van der Waals surface area (Å²) in [6.07, 6.45) is -1.74. The summed E-state index contributed by atoms with van der Waals surface area (Å²) in [5, 5.41) is 9.42. The smallest absolute Gasteiger partial charge is 0.308 e. The number of pyridine rings is 1. The lowest BCUT2D eigenvalue weighted by molar-refractivity contribution is -0.137. The molecule has 2 amide bonds. The zero-order valence-corrected chi connectivity index (χ0v) is 17.0. The van der Waals surface area contributed by atoms with Gasteiger partial charge in [0.05, 0.1) is 11.3 Å². The van der Waals surface area contributed by atoms with Gasteiger partial charge in [0.2, 0.25) is 0 Å². The highest BCUT2D eigenvalue weighted by atomic mass is 19.4. The molecule has 0 unspecified atom stereocenters. The lowest BCUT2D eigenvalue weighted by Gasteiger charge is -2.15. The van der Waals surface area contributed by atoms with Gasteiger partial charge in [-0.15, -0.1) is 0 Å². The number of aromatic nitrogens is 3. The maximum absolute atomic E-state index is 13.6. The van der Waals surface area contributed by atoms with Gasteiger partial charge in [-0.25, -0.2) is 4.79 Å². The van der Waals surface area contributed by atoms with E-state index in [-0.39, 0.29) is 16.7 Å². The van der Waals surface area contributed by atoms with Crippen molar-refractivity contribution in [3.8, 4) is 11.1 Å². The first-order chi connectivity index (χ1) is 13.9. The average Bonchev–Trinajstić information content (AvgIpc) is 3.02. The number of nitrogens with zero attached hydrogens (tertiary/aromatic N) is 3. The second kappa shape index (κ2) is 7.81. The Hall–Kier alpha value is -3.36. The summed E-state index contributed by atoms with van der Waals surface area (Å²) in [7, 11) is 1.68. The quantitative estimate of drug-likeness (QED) is 0.596. The number of carbonyl (C=O) groups is 1. The van der Waals surface area contributed by atoms with E-state index < -0.39 is 17.8 Å². The van der Waals surface area contributed by atoms with Crippen LogP contribution in [-0.4, -0.2) is 20.8 Å². The van der Waals surface area contributed by atoms with Crippen LogP contribution in [0.4, 0.5) is 29.5 Å². The number of hydrogen-bond acceptors (Lipinski definition) is 3. The molecule has 0 aliphatic rings. The summed E-state index contributed by atoms with van der Waals surface area (Å²) in [4.78, 5) is 16.2. The summed E-state index contributed by atoms with van der Waals surface area (Å²) in [6.45, 7) is 5.96. The Balaban J connectivity index is 1.83. The monoisotopic (exact) mass is 417 g/mol. The van der Waals surface area contributed by atoms with Crippen molar-refractivity contribution in [3.63, 3.8) is 0 Å². The van der Waals surface area contributed by atoms with E-state index in [2.05, 4.69) is 20.7 Å². The molecule has 6 nitrogen and oxygen atoms in total. The van der Waals surface area contributed by atoms with Gasteiger partial charge in [-0.05, 0) is 35.4 Å². The van der Waals surface area contributed by atoms with E-state index in [4.69, 9.17) is 0 Å². The third-order valence-corrected chi connectivity index (χ3v) is 4.46. The molecule has 3 rings (SSSR count). The van der Waals surface area contributed by atoms with E-state index in [1.165, 1.54) is 41.3 Å². The van der Waals surface area contributed by atoms with E-state index in [0.717, 1.165) is 11.8 Å². The first kappa shape index (κ1) is 21.4. The van der Waals surface area contributed by atoms with Gasteiger partial charge < -0.3 is 5.32 Å². The van der Waals surface area contributed by atoms with E-state index in [0.29, 0.717) is 11.4 Å². The number of halogens is 3. The van der Waals surface area contributed by atoms with Crippen molar-refractivity contribution in [2.75, 3.05) is 10.6 Å². The topological polar surface area (TPSA) is 71.8 Å². The fourth-order valence-corrected chi connectivity index (χ4v) is 2.87. The van der Waals surface area contributed by atoms with Crippen molar-refractivity contribution in [2.45, 2.75) is 32.4 Å². The zero-order chi connectivity index (χ0) is 22.1. The summed E-state index contributed by atoms with van der Waals surface area (Å²) in [5.74, 6) is 0.432. The molecule has 0 spiro atoms. The molecule has 0 fully saturated rings. The molecule has 1 aromatic carbocycles. The molecule has 9 heteroatoms. The molecule has 0 atom stereocenters. The van der Waals surface area contributed by atoms with Gasteiger partial charge in [0, 0.05) is 36.6 Å². The Morgan fingerprint density at radius 1 is 1.00 bits per heavy atom. The Morgan fingerprint density at radius 2 is 1.67 bits per heavy atom. The van der Waals surface area contributed by atoms with Gasteiger partial charge in [0.15, 0.2) is 0 Å². The largest absolute Gasteiger partial charge is 0.417 e. The maximum Gasteiger partial charge on any atom is 0.417 e. The highest BCUT2D eigenvalue weighted by Gasteiger charge is 2.34. The summed E-state index contributed by atoms with van der Waals surface area (Å²) in [5.41, 5.74) is 0.146. The van der Waals surface area contributed by atoms with Crippen molar-refractivity contribution < 1.29 is 18.0 Å². The van der Waals surface area contributed by atoms with Gasteiger partial charge in [0.1, 0.15) is 5.82 Å². The highest BCUT2D eigenvalue weighted by molar-refractivity contribution is 5.99. The third kappa shape index (κ3) is 4.79. The van der Waals surface area contributed by atoms with Crippen molar-refractivity contribution >= 4 is 17.5 Å². The number of amides is 2. The van der Waals surface area contributed by atoms with Crippen LogP contribution in [-0.2, 0) is 18.6 Å². The second-order valence-corrected chi connectivity index (χ2v) is 7.86. The Morgan fingerprint density at radius 3 is 2.23 bits per heavy atom. The number of nitrogens with one attached hydrogen (secondary N) is 2. The first-order valence-electron chi connectivity index (χ1n) is 9.19. The molecule has 2 aromatic heterocycles. The Bertz CT molecular complexity index is 1050. The van der Waals surface area contributed by atoms with E-state index in [1.807, 2.05) is 20.8 Å². The average molecular weight is 417 g/mol. The highest BCUT2D eigenvalue weighted by Crippen LogP contribution is 2.38. The van der Waals surface area contributed by atoms with Gasteiger partial charge in [-0.1, -0.05) is 26.8 Å². The number of alkyl halides is 3. The van der Waals surface area contributed by atoms with Gasteiger partial charge in [0.25, 0.3) is 0 Å². The standard InChI is InChI=1S/C21H22F3N5O/c1-20(2,3)17-12-18(29(4)28-17)27-19(30)26-14-5-6-15(13-7-9-25-10-8-13)16(11-14)21(22,23)24/h5-12H,1-4H3,(H2,26,27,30). The molecule has 0 radical (unpaired) electrons. The summed E-state index contributed by atoms with van der Waals surface area (Å²) >= 11 is 0. The van der Waals surface area contributed by atoms with Crippen LogP contribution in [0.3, 0.4) is 0 Å². The second-order valence-electron chi connectivity index (χ2n) is 7.86. The van der Waals surface area contributed by atoms with E-state index in [1.54, 1.807) is 13.1 Å². The maximum atomic E-state index is 13.6. The van der Waals surface area contributed by atoms with Crippen molar-refractivity contribution in [1.82, 2.24) is 14.8 Å². The predicted octanol–water partition coefficient (Wildman–Crippen LogP) is 5.44. The lowest BCUT2D eigenvalue weighted by Crippen LogP contribution is -2.21. The minimum atomic E-state index is -4.59. The number of rotatable bonds is 3. The third-order valence-electron chi connectivity index (χ3n) is 4.46.